The second kappa shape index (κ2) is 7.14. The highest BCUT2D eigenvalue weighted by molar-refractivity contribution is 7.98. The Morgan fingerprint density at radius 3 is 2.71 bits per heavy atom. The number of nitrogens with one attached hydrogen (secondary N) is 2. The molecule has 0 aliphatic carbocycles. The Bertz CT molecular complexity index is 818. The number of phenolic OH excluding ortho intramolecular Hbond substituents is 1. The first-order valence-corrected chi connectivity index (χ1v) is 7.98. The molecule has 0 spiro atoms. The SMILES string of the molecule is O=C(Nc1c(O)cccc1F)c1ccc(CSc2ncn[nH]2)cc1. The van der Waals surface area contributed by atoms with Gasteiger partial charge in [0.05, 0.1) is 0 Å². The molecule has 0 fully saturated rings. The van der Waals surface area contributed by atoms with E-state index in [-0.39, 0.29) is 11.4 Å². The molecule has 8 heteroatoms. The van der Waals surface area contributed by atoms with E-state index in [1.54, 1.807) is 24.3 Å². The first kappa shape index (κ1) is 16.0. The van der Waals surface area contributed by atoms with Crippen LogP contribution in [0.2, 0.25) is 0 Å². The number of para-hydroxylation sites is 1. The van der Waals surface area contributed by atoms with Gasteiger partial charge < -0.3 is 10.4 Å². The van der Waals surface area contributed by atoms with E-state index in [1.165, 1.54) is 36.3 Å². The van der Waals surface area contributed by atoms with E-state index in [0.717, 1.165) is 5.56 Å². The lowest BCUT2D eigenvalue weighted by molar-refractivity contribution is 0.102. The number of amides is 1. The van der Waals surface area contributed by atoms with E-state index < -0.39 is 11.7 Å². The average Bonchev–Trinajstić information content (AvgIpc) is 3.10. The van der Waals surface area contributed by atoms with E-state index in [1.807, 2.05) is 0 Å². The van der Waals surface area contributed by atoms with Gasteiger partial charge in [-0.05, 0) is 29.8 Å². The summed E-state index contributed by atoms with van der Waals surface area (Å²) in [6, 6.07) is 10.7. The molecule has 0 radical (unpaired) electrons. The summed E-state index contributed by atoms with van der Waals surface area (Å²) in [6.07, 6.45) is 1.44. The van der Waals surface area contributed by atoms with Gasteiger partial charge in [0.1, 0.15) is 17.8 Å². The van der Waals surface area contributed by atoms with Gasteiger partial charge in [-0.25, -0.2) is 9.37 Å². The molecule has 3 N–H and O–H groups in total. The van der Waals surface area contributed by atoms with Gasteiger partial charge >= 0.3 is 0 Å². The third-order valence-electron chi connectivity index (χ3n) is 3.21. The molecule has 0 saturated carbocycles. The molecule has 3 aromatic rings. The van der Waals surface area contributed by atoms with Crippen LogP contribution in [0.1, 0.15) is 15.9 Å². The van der Waals surface area contributed by atoms with Gasteiger partial charge in [0.2, 0.25) is 0 Å². The topological polar surface area (TPSA) is 90.9 Å². The maximum Gasteiger partial charge on any atom is 0.255 e. The van der Waals surface area contributed by atoms with Crippen molar-refractivity contribution in [2.45, 2.75) is 10.9 Å². The fourth-order valence-corrected chi connectivity index (χ4v) is 2.72. The average molecular weight is 344 g/mol. The Morgan fingerprint density at radius 2 is 2.04 bits per heavy atom. The third-order valence-corrected chi connectivity index (χ3v) is 4.16. The number of hydrogen-bond donors (Lipinski definition) is 3. The number of carbonyl (C=O) groups excluding carboxylic acids is 1. The van der Waals surface area contributed by atoms with Crippen LogP contribution in [0.5, 0.6) is 5.75 Å². The predicted octanol–water partition coefficient (Wildman–Crippen LogP) is 3.19. The van der Waals surface area contributed by atoms with Crippen molar-refractivity contribution in [1.82, 2.24) is 15.2 Å². The molecule has 0 saturated heterocycles. The number of thioether (sulfide) groups is 1. The normalized spacial score (nSPS) is 10.5. The monoisotopic (exact) mass is 344 g/mol. The Morgan fingerprint density at radius 1 is 1.25 bits per heavy atom. The summed E-state index contributed by atoms with van der Waals surface area (Å²) in [5.74, 6) is -0.831. The lowest BCUT2D eigenvalue weighted by Crippen LogP contribution is -2.13. The van der Waals surface area contributed by atoms with Gasteiger partial charge in [0.25, 0.3) is 5.91 Å². The minimum atomic E-state index is -0.691. The Balaban J connectivity index is 1.65. The number of H-pyrrole nitrogens is 1. The number of aromatic amines is 1. The van der Waals surface area contributed by atoms with E-state index in [9.17, 15) is 14.3 Å². The number of halogens is 1. The van der Waals surface area contributed by atoms with Gasteiger partial charge in [0, 0.05) is 11.3 Å². The molecule has 1 aromatic heterocycles. The molecule has 3 rings (SSSR count). The van der Waals surface area contributed by atoms with E-state index in [0.29, 0.717) is 16.5 Å². The Kier molecular flexibility index (Phi) is 4.76. The van der Waals surface area contributed by atoms with Crippen molar-refractivity contribution in [2.24, 2.45) is 0 Å². The smallest absolute Gasteiger partial charge is 0.255 e. The summed E-state index contributed by atoms with van der Waals surface area (Å²) in [7, 11) is 0. The first-order valence-electron chi connectivity index (χ1n) is 6.99. The molecule has 122 valence electrons. The lowest BCUT2D eigenvalue weighted by Gasteiger charge is -2.08. The van der Waals surface area contributed by atoms with Crippen LogP contribution in [0.3, 0.4) is 0 Å². The number of nitrogens with zero attached hydrogens (tertiary/aromatic N) is 2. The number of hydrogen-bond acceptors (Lipinski definition) is 5. The molecule has 0 unspecified atom stereocenters. The number of rotatable bonds is 5. The van der Waals surface area contributed by atoms with Gasteiger partial charge in [-0.1, -0.05) is 30.0 Å². The summed E-state index contributed by atoms with van der Waals surface area (Å²) in [5, 5.41) is 19.2. The Hall–Kier alpha value is -2.87. The quantitative estimate of drug-likeness (QED) is 0.488. The maximum absolute atomic E-state index is 13.6. The highest BCUT2D eigenvalue weighted by Gasteiger charge is 2.13. The largest absolute Gasteiger partial charge is 0.506 e. The fraction of sp³-hybridized carbons (Fsp3) is 0.0625. The van der Waals surface area contributed by atoms with Crippen LogP contribution < -0.4 is 5.32 Å². The van der Waals surface area contributed by atoms with Crippen molar-refractivity contribution >= 4 is 23.4 Å². The fourth-order valence-electron chi connectivity index (χ4n) is 1.99. The summed E-state index contributed by atoms with van der Waals surface area (Å²) in [4.78, 5) is 16.2. The summed E-state index contributed by atoms with van der Waals surface area (Å²) >= 11 is 1.49. The molecule has 24 heavy (non-hydrogen) atoms. The zero-order chi connectivity index (χ0) is 16.9. The third kappa shape index (κ3) is 3.72. The predicted molar refractivity (Wildman–Crippen MR) is 88.4 cm³/mol. The van der Waals surface area contributed by atoms with Crippen molar-refractivity contribution in [3.8, 4) is 5.75 Å². The van der Waals surface area contributed by atoms with Crippen molar-refractivity contribution < 1.29 is 14.3 Å². The van der Waals surface area contributed by atoms with Crippen LogP contribution >= 0.6 is 11.8 Å². The van der Waals surface area contributed by atoms with Gasteiger partial charge in [-0.15, -0.1) is 0 Å². The van der Waals surface area contributed by atoms with Crippen LogP contribution in [-0.4, -0.2) is 26.2 Å². The minimum Gasteiger partial charge on any atom is -0.506 e. The summed E-state index contributed by atoms with van der Waals surface area (Å²) in [5.41, 5.74) is 1.14. The van der Waals surface area contributed by atoms with Crippen LogP contribution in [0.15, 0.2) is 53.9 Å². The van der Waals surface area contributed by atoms with E-state index in [4.69, 9.17) is 0 Å². The Labute approximate surface area is 141 Å². The van der Waals surface area contributed by atoms with Crippen LogP contribution in [0.25, 0.3) is 0 Å². The molecular formula is C16H13FN4O2S. The van der Waals surface area contributed by atoms with E-state index in [2.05, 4.69) is 20.5 Å². The molecule has 0 bridgehead atoms. The number of aromatic nitrogens is 3. The highest BCUT2D eigenvalue weighted by Crippen LogP contribution is 2.26. The van der Waals surface area contributed by atoms with E-state index >= 15 is 0 Å². The second-order valence-electron chi connectivity index (χ2n) is 4.86. The zero-order valence-corrected chi connectivity index (χ0v) is 13.2. The lowest BCUT2D eigenvalue weighted by atomic mass is 10.1. The molecule has 0 aliphatic rings. The summed E-state index contributed by atoms with van der Waals surface area (Å²) < 4.78 is 13.6. The highest BCUT2D eigenvalue weighted by atomic mass is 32.2. The number of phenols is 1. The van der Waals surface area contributed by atoms with Crippen molar-refractivity contribution in [2.75, 3.05) is 5.32 Å². The van der Waals surface area contributed by atoms with Gasteiger partial charge in [-0.2, -0.15) is 5.10 Å². The number of anilines is 1. The standard InChI is InChI=1S/C16H13FN4O2S/c17-12-2-1-3-13(22)14(12)20-15(23)11-6-4-10(5-7-11)8-24-16-18-9-19-21-16/h1-7,9,22H,8H2,(H,20,23)(H,18,19,21). The molecule has 1 amide bonds. The minimum absolute atomic E-state index is 0.229. The van der Waals surface area contributed by atoms with Crippen molar-refractivity contribution in [1.29, 1.82) is 0 Å². The first-order chi connectivity index (χ1) is 11.6. The molecular weight excluding hydrogens is 331 g/mol. The number of carbonyl (C=O) groups is 1. The molecule has 0 atom stereocenters. The molecule has 2 aromatic carbocycles. The summed E-state index contributed by atoms with van der Waals surface area (Å²) in [6.45, 7) is 0. The van der Waals surface area contributed by atoms with Crippen molar-refractivity contribution in [3.05, 3.63) is 65.7 Å². The second-order valence-corrected chi connectivity index (χ2v) is 5.83. The van der Waals surface area contributed by atoms with Crippen LogP contribution in [-0.2, 0) is 5.75 Å². The maximum atomic E-state index is 13.6. The molecule has 0 aliphatic heterocycles. The van der Waals surface area contributed by atoms with Crippen LogP contribution in [0, 0.1) is 5.82 Å². The van der Waals surface area contributed by atoms with Gasteiger partial charge in [0.15, 0.2) is 11.0 Å². The number of aromatic hydroxyl groups is 1. The van der Waals surface area contributed by atoms with Crippen molar-refractivity contribution in [3.63, 3.8) is 0 Å². The molecule has 6 nitrogen and oxygen atoms in total. The zero-order valence-electron chi connectivity index (χ0n) is 12.4. The van der Waals surface area contributed by atoms with Crippen LogP contribution in [0.4, 0.5) is 10.1 Å². The molecule has 1 heterocycles. The van der Waals surface area contributed by atoms with Gasteiger partial charge in [-0.3, -0.25) is 9.89 Å². The number of benzene rings is 2.